The first kappa shape index (κ1) is 12.0. The lowest BCUT2D eigenvalue weighted by molar-refractivity contribution is 0.0734. The molecule has 0 aliphatic heterocycles. The van der Waals surface area contributed by atoms with E-state index in [0.717, 1.165) is 11.8 Å². The molecule has 0 fully saturated rings. The van der Waals surface area contributed by atoms with Crippen LogP contribution in [0.5, 0.6) is 5.75 Å². The summed E-state index contributed by atoms with van der Waals surface area (Å²) < 4.78 is 5.18. The number of aryl methyl sites for hydroxylation is 1. The van der Waals surface area contributed by atoms with Crippen molar-refractivity contribution in [2.75, 3.05) is 0 Å². The smallest absolute Gasteiger partial charge is 0.343 e. The lowest BCUT2D eigenvalue weighted by Crippen LogP contribution is -2.08. The molecule has 2 rings (SSSR count). The molecule has 0 N–H and O–H groups in total. The number of aldehydes is 1. The Bertz CT molecular complexity index is 553. The number of benzene rings is 2. The number of hydrogen-bond donors (Lipinski definition) is 0. The van der Waals surface area contributed by atoms with Crippen molar-refractivity contribution in [1.82, 2.24) is 0 Å². The van der Waals surface area contributed by atoms with Crippen molar-refractivity contribution in [2.24, 2.45) is 0 Å². The maximum absolute atomic E-state index is 11.8. The summed E-state index contributed by atoms with van der Waals surface area (Å²) in [6.45, 7) is 1.95. The zero-order valence-electron chi connectivity index (χ0n) is 9.92. The Hall–Kier alpha value is -2.42. The van der Waals surface area contributed by atoms with Gasteiger partial charge in [0.1, 0.15) is 12.0 Å². The monoisotopic (exact) mass is 240 g/mol. The maximum Gasteiger partial charge on any atom is 0.343 e. The first-order valence-corrected chi connectivity index (χ1v) is 5.53. The summed E-state index contributed by atoms with van der Waals surface area (Å²) in [5.74, 6) is 0.0139. The second-order valence-electron chi connectivity index (χ2n) is 3.94. The van der Waals surface area contributed by atoms with Crippen LogP contribution in [0.1, 0.15) is 26.3 Å². The van der Waals surface area contributed by atoms with Crippen molar-refractivity contribution in [3.63, 3.8) is 0 Å². The van der Waals surface area contributed by atoms with E-state index in [2.05, 4.69) is 0 Å². The van der Waals surface area contributed by atoms with Gasteiger partial charge in [0.15, 0.2) is 0 Å². The molecular formula is C15H12O3. The maximum atomic E-state index is 11.8. The number of carbonyl (C=O) groups excluding carboxylic acids is 2. The van der Waals surface area contributed by atoms with Gasteiger partial charge in [-0.25, -0.2) is 4.79 Å². The Morgan fingerprint density at radius 3 is 2.17 bits per heavy atom. The van der Waals surface area contributed by atoms with E-state index in [1.165, 1.54) is 0 Å². The average Bonchev–Trinajstić information content (AvgIpc) is 2.40. The normalized spacial score (nSPS) is 9.83. The molecule has 0 bridgehead atoms. The van der Waals surface area contributed by atoms with Gasteiger partial charge in [0, 0.05) is 5.56 Å². The number of ether oxygens (including phenoxy) is 1. The van der Waals surface area contributed by atoms with Gasteiger partial charge < -0.3 is 4.74 Å². The lowest BCUT2D eigenvalue weighted by Gasteiger charge is -2.04. The second kappa shape index (κ2) is 5.27. The largest absolute Gasteiger partial charge is 0.423 e. The molecule has 0 radical (unpaired) electrons. The lowest BCUT2D eigenvalue weighted by atomic mass is 10.1. The van der Waals surface area contributed by atoms with Gasteiger partial charge in [-0.2, -0.15) is 0 Å². The molecule has 0 spiro atoms. The average molecular weight is 240 g/mol. The summed E-state index contributed by atoms with van der Waals surface area (Å²) in [5, 5.41) is 0. The predicted octanol–water partition coefficient (Wildman–Crippen LogP) is 3.03. The van der Waals surface area contributed by atoms with Gasteiger partial charge in [-0.15, -0.1) is 0 Å². The third-order valence-corrected chi connectivity index (χ3v) is 2.51. The summed E-state index contributed by atoms with van der Waals surface area (Å²) in [5.41, 5.74) is 2.13. The first-order valence-electron chi connectivity index (χ1n) is 5.53. The van der Waals surface area contributed by atoms with E-state index in [1.54, 1.807) is 36.4 Å². The molecule has 0 aliphatic rings. The van der Waals surface area contributed by atoms with Crippen molar-refractivity contribution < 1.29 is 14.3 Å². The van der Waals surface area contributed by atoms with Crippen molar-refractivity contribution in [3.8, 4) is 5.75 Å². The predicted molar refractivity (Wildman–Crippen MR) is 68.0 cm³/mol. The molecule has 3 heteroatoms. The highest BCUT2D eigenvalue weighted by Crippen LogP contribution is 2.14. The summed E-state index contributed by atoms with van der Waals surface area (Å²) in [7, 11) is 0. The molecule has 0 saturated heterocycles. The number of esters is 1. The van der Waals surface area contributed by atoms with Crippen LogP contribution in [0, 0.1) is 6.92 Å². The van der Waals surface area contributed by atoms with Crippen LogP contribution < -0.4 is 4.74 Å². The van der Waals surface area contributed by atoms with Gasteiger partial charge >= 0.3 is 5.97 Å². The fourth-order valence-electron chi connectivity index (χ4n) is 1.47. The quantitative estimate of drug-likeness (QED) is 0.470. The van der Waals surface area contributed by atoms with Crippen LogP contribution in [0.2, 0.25) is 0 Å². The van der Waals surface area contributed by atoms with E-state index in [9.17, 15) is 9.59 Å². The summed E-state index contributed by atoms with van der Waals surface area (Å²) in [4.78, 5) is 22.3. The van der Waals surface area contributed by atoms with E-state index in [0.29, 0.717) is 16.9 Å². The van der Waals surface area contributed by atoms with Crippen molar-refractivity contribution in [3.05, 3.63) is 65.2 Å². The van der Waals surface area contributed by atoms with E-state index in [1.807, 2.05) is 19.1 Å². The molecule has 3 nitrogen and oxygen atoms in total. The summed E-state index contributed by atoms with van der Waals surface area (Å²) >= 11 is 0. The third kappa shape index (κ3) is 2.83. The molecule has 90 valence electrons. The van der Waals surface area contributed by atoms with Gasteiger partial charge in [-0.3, -0.25) is 4.79 Å². The SMILES string of the molecule is Cc1ccc(C(=O)Oc2ccc(C=O)cc2)cc1. The molecule has 2 aromatic carbocycles. The minimum atomic E-state index is -0.408. The summed E-state index contributed by atoms with van der Waals surface area (Å²) in [6, 6.07) is 13.5. The Balaban J connectivity index is 2.10. The fraction of sp³-hybridized carbons (Fsp3) is 0.0667. The van der Waals surface area contributed by atoms with Gasteiger partial charge in [0.25, 0.3) is 0 Å². The number of carbonyl (C=O) groups is 2. The van der Waals surface area contributed by atoms with Crippen molar-refractivity contribution >= 4 is 12.3 Å². The molecule has 0 amide bonds. The van der Waals surface area contributed by atoms with Crippen LogP contribution in [0.15, 0.2) is 48.5 Å². The Labute approximate surface area is 105 Å². The molecule has 2 aromatic rings. The van der Waals surface area contributed by atoms with E-state index < -0.39 is 5.97 Å². The second-order valence-corrected chi connectivity index (χ2v) is 3.94. The van der Waals surface area contributed by atoms with Gasteiger partial charge in [0.05, 0.1) is 5.56 Å². The topological polar surface area (TPSA) is 43.4 Å². The van der Waals surface area contributed by atoms with Crippen LogP contribution in [0.25, 0.3) is 0 Å². The van der Waals surface area contributed by atoms with Crippen LogP contribution in [-0.2, 0) is 0 Å². The molecule has 0 saturated carbocycles. The van der Waals surface area contributed by atoms with Gasteiger partial charge in [0.2, 0.25) is 0 Å². The van der Waals surface area contributed by atoms with Crippen LogP contribution in [0.4, 0.5) is 0 Å². The molecule has 0 atom stereocenters. The van der Waals surface area contributed by atoms with Gasteiger partial charge in [-0.1, -0.05) is 17.7 Å². The van der Waals surface area contributed by atoms with E-state index in [4.69, 9.17) is 4.74 Å². The highest BCUT2D eigenvalue weighted by molar-refractivity contribution is 5.91. The van der Waals surface area contributed by atoms with Crippen LogP contribution >= 0.6 is 0 Å². The van der Waals surface area contributed by atoms with E-state index in [-0.39, 0.29) is 0 Å². The number of hydrogen-bond acceptors (Lipinski definition) is 3. The van der Waals surface area contributed by atoms with Crippen molar-refractivity contribution in [2.45, 2.75) is 6.92 Å². The van der Waals surface area contributed by atoms with Crippen LogP contribution in [-0.4, -0.2) is 12.3 Å². The zero-order valence-corrected chi connectivity index (χ0v) is 9.92. The van der Waals surface area contributed by atoms with Gasteiger partial charge in [-0.05, 0) is 43.3 Å². The summed E-state index contributed by atoms with van der Waals surface area (Å²) in [6.07, 6.45) is 0.742. The Kier molecular flexibility index (Phi) is 3.53. The highest BCUT2D eigenvalue weighted by Gasteiger charge is 2.07. The Morgan fingerprint density at radius 1 is 1.00 bits per heavy atom. The molecule has 0 aromatic heterocycles. The molecule has 0 aliphatic carbocycles. The van der Waals surface area contributed by atoms with Crippen LogP contribution in [0.3, 0.4) is 0 Å². The zero-order chi connectivity index (χ0) is 13.0. The molecule has 0 unspecified atom stereocenters. The first-order chi connectivity index (χ1) is 8.69. The number of rotatable bonds is 3. The third-order valence-electron chi connectivity index (χ3n) is 2.51. The minimum Gasteiger partial charge on any atom is -0.423 e. The highest BCUT2D eigenvalue weighted by atomic mass is 16.5. The molecule has 18 heavy (non-hydrogen) atoms. The standard InChI is InChI=1S/C15H12O3/c1-11-2-6-13(7-3-11)15(17)18-14-8-4-12(10-16)5-9-14/h2-10H,1H3. The molecule has 0 heterocycles. The van der Waals surface area contributed by atoms with Crippen molar-refractivity contribution in [1.29, 1.82) is 0 Å². The Morgan fingerprint density at radius 2 is 1.61 bits per heavy atom. The minimum absolute atomic E-state index is 0.408. The fourth-order valence-corrected chi connectivity index (χ4v) is 1.47. The van der Waals surface area contributed by atoms with E-state index >= 15 is 0 Å². The molecular weight excluding hydrogens is 228 g/mol.